The van der Waals surface area contributed by atoms with Crippen LogP contribution in [-0.2, 0) is 0 Å². The van der Waals surface area contributed by atoms with E-state index in [9.17, 15) is 0 Å². The van der Waals surface area contributed by atoms with Crippen LogP contribution in [0.1, 0.15) is 32.6 Å². The second-order valence-electron chi connectivity index (χ2n) is 4.04. The molecule has 86 valence electrons. The Morgan fingerprint density at radius 3 is 3.00 bits per heavy atom. The normalized spacial score (nSPS) is 24.1. The van der Waals surface area contributed by atoms with E-state index < -0.39 is 0 Å². The zero-order valence-electron chi connectivity index (χ0n) is 9.32. The lowest BCUT2D eigenvalue weighted by molar-refractivity contribution is 0.313. The third-order valence-electron chi connectivity index (χ3n) is 2.91. The highest BCUT2D eigenvalue weighted by atomic mass is 16.4. The van der Waals surface area contributed by atoms with Gasteiger partial charge in [0.25, 0.3) is 0 Å². The molecule has 0 aromatic rings. The Balaban J connectivity index is 2.30. The Kier molecular flexibility index (Phi) is 5.18. The van der Waals surface area contributed by atoms with Crippen LogP contribution >= 0.6 is 0 Å². The first-order valence-electron chi connectivity index (χ1n) is 5.63. The minimum atomic E-state index is 0.000839. The third-order valence-corrected chi connectivity index (χ3v) is 2.91. The molecule has 0 aliphatic heterocycles. The first-order valence-corrected chi connectivity index (χ1v) is 5.63. The number of hydrogen-bond acceptors (Lipinski definition) is 3. The van der Waals surface area contributed by atoms with Crippen molar-refractivity contribution in [1.82, 2.24) is 5.32 Å². The Morgan fingerprint density at radius 2 is 2.47 bits per heavy atom. The minimum absolute atomic E-state index is 0.000839. The van der Waals surface area contributed by atoms with E-state index >= 15 is 0 Å². The van der Waals surface area contributed by atoms with Crippen molar-refractivity contribution in [3.05, 3.63) is 12.2 Å². The molecule has 2 unspecified atom stereocenters. The largest absolute Gasteiger partial charge is 0.409 e. The molecule has 1 aliphatic carbocycles. The molecule has 0 fully saturated rings. The van der Waals surface area contributed by atoms with E-state index in [-0.39, 0.29) is 11.9 Å². The van der Waals surface area contributed by atoms with Gasteiger partial charge in [-0.1, -0.05) is 24.2 Å². The number of allylic oxidation sites excluding steroid dienone is 2. The quantitative estimate of drug-likeness (QED) is 0.212. The van der Waals surface area contributed by atoms with E-state index in [2.05, 4.69) is 22.6 Å². The van der Waals surface area contributed by atoms with Gasteiger partial charge in [0.05, 0.1) is 6.04 Å². The molecule has 15 heavy (non-hydrogen) atoms. The molecule has 0 aromatic heterocycles. The maximum absolute atomic E-state index is 8.59. The van der Waals surface area contributed by atoms with Crippen LogP contribution in [0.4, 0.5) is 0 Å². The molecular formula is C11H21N3O. The summed E-state index contributed by atoms with van der Waals surface area (Å²) < 4.78 is 0. The third kappa shape index (κ3) is 3.91. The van der Waals surface area contributed by atoms with E-state index in [0.29, 0.717) is 5.92 Å². The number of amidine groups is 1. The summed E-state index contributed by atoms with van der Waals surface area (Å²) in [6.45, 7) is 2.97. The summed E-state index contributed by atoms with van der Waals surface area (Å²) in [6.07, 6.45) is 8.86. The fourth-order valence-electron chi connectivity index (χ4n) is 1.88. The lowest BCUT2D eigenvalue weighted by atomic mass is 9.94. The zero-order chi connectivity index (χ0) is 11.1. The van der Waals surface area contributed by atoms with Gasteiger partial charge in [-0.15, -0.1) is 0 Å². The first kappa shape index (κ1) is 12.0. The topological polar surface area (TPSA) is 70.6 Å². The van der Waals surface area contributed by atoms with Crippen molar-refractivity contribution in [3.8, 4) is 0 Å². The number of rotatable bonds is 5. The van der Waals surface area contributed by atoms with Crippen LogP contribution in [0.2, 0.25) is 0 Å². The summed E-state index contributed by atoms with van der Waals surface area (Å²) in [6, 6.07) is 0.000839. The Morgan fingerprint density at radius 1 is 1.67 bits per heavy atom. The average Bonchev–Trinajstić information content (AvgIpc) is 2.31. The molecule has 0 saturated carbocycles. The molecular weight excluding hydrogens is 190 g/mol. The fourth-order valence-corrected chi connectivity index (χ4v) is 1.88. The molecule has 0 radical (unpaired) electrons. The minimum Gasteiger partial charge on any atom is -0.409 e. The van der Waals surface area contributed by atoms with Crippen molar-refractivity contribution >= 4 is 5.84 Å². The lowest BCUT2D eigenvalue weighted by Gasteiger charge is -2.22. The van der Waals surface area contributed by atoms with Crippen molar-refractivity contribution in [2.45, 2.75) is 38.6 Å². The molecule has 4 N–H and O–H groups in total. The number of nitrogens with zero attached hydrogens (tertiary/aromatic N) is 1. The number of hydrogen-bond donors (Lipinski definition) is 3. The van der Waals surface area contributed by atoms with Crippen LogP contribution in [0.25, 0.3) is 0 Å². The number of nitrogens with two attached hydrogens (primary N) is 1. The van der Waals surface area contributed by atoms with Gasteiger partial charge in [-0.25, -0.2) is 0 Å². The van der Waals surface area contributed by atoms with Gasteiger partial charge in [0, 0.05) is 0 Å². The van der Waals surface area contributed by atoms with Crippen LogP contribution in [-0.4, -0.2) is 23.6 Å². The molecule has 0 bridgehead atoms. The molecule has 0 heterocycles. The predicted molar refractivity (Wildman–Crippen MR) is 62.0 cm³/mol. The molecule has 1 rings (SSSR count). The highest BCUT2D eigenvalue weighted by Gasteiger charge is 2.14. The summed E-state index contributed by atoms with van der Waals surface area (Å²) >= 11 is 0. The van der Waals surface area contributed by atoms with Gasteiger partial charge >= 0.3 is 0 Å². The van der Waals surface area contributed by atoms with Gasteiger partial charge < -0.3 is 16.3 Å². The van der Waals surface area contributed by atoms with E-state index in [1.54, 1.807) is 0 Å². The Labute approximate surface area is 91.2 Å². The summed E-state index contributed by atoms with van der Waals surface area (Å²) in [5, 5.41) is 15.0. The van der Waals surface area contributed by atoms with Crippen molar-refractivity contribution < 1.29 is 5.21 Å². The van der Waals surface area contributed by atoms with Crippen molar-refractivity contribution in [3.63, 3.8) is 0 Å². The zero-order valence-corrected chi connectivity index (χ0v) is 9.32. The molecule has 0 aromatic carbocycles. The molecule has 1 aliphatic rings. The Hall–Kier alpha value is -1.03. The van der Waals surface area contributed by atoms with Crippen molar-refractivity contribution in [2.75, 3.05) is 6.54 Å². The van der Waals surface area contributed by atoms with Crippen molar-refractivity contribution in [1.29, 1.82) is 0 Å². The van der Waals surface area contributed by atoms with Gasteiger partial charge in [-0.05, 0) is 38.1 Å². The molecule has 0 amide bonds. The number of oxime groups is 1. The van der Waals surface area contributed by atoms with Crippen LogP contribution in [0.5, 0.6) is 0 Å². The van der Waals surface area contributed by atoms with Crippen LogP contribution in [0.15, 0.2) is 17.3 Å². The monoisotopic (exact) mass is 211 g/mol. The van der Waals surface area contributed by atoms with Gasteiger partial charge in [-0.2, -0.15) is 0 Å². The summed E-state index contributed by atoms with van der Waals surface area (Å²) in [7, 11) is 0. The second kappa shape index (κ2) is 6.45. The fraction of sp³-hybridized carbons (Fsp3) is 0.727. The molecule has 2 atom stereocenters. The first-order chi connectivity index (χ1) is 7.27. The van der Waals surface area contributed by atoms with Gasteiger partial charge in [0.2, 0.25) is 0 Å². The van der Waals surface area contributed by atoms with Gasteiger partial charge in [0.15, 0.2) is 5.84 Å². The number of nitrogens with one attached hydrogen (secondary N) is 1. The van der Waals surface area contributed by atoms with E-state index in [1.807, 2.05) is 6.92 Å². The molecule has 4 nitrogen and oxygen atoms in total. The van der Waals surface area contributed by atoms with E-state index in [1.165, 1.54) is 12.8 Å². The van der Waals surface area contributed by atoms with Crippen LogP contribution in [0, 0.1) is 5.92 Å². The standard InChI is InChI=1S/C11H21N3O/c1-2-10(11(12)14-15)13-8-9-6-4-3-5-7-9/h3-4,9-10,13,15H,2,5-8H2,1H3,(H2,12,14). The summed E-state index contributed by atoms with van der Waals surface area (Å²) in [5.41, 5.74) is 5.57. The molecule has 0 saturated heterocycles. The smallest absolute Gasteiger partial charge is 0.156 e. The van der Waals surface area contributed by atoms with E-state index in [4.69, 9.17) is 10.9 Å². The van der Waals surface area contributed by atoms with E-state index in [0.717, 1.165) is 19.4 Å². The lowest BCUT2D eigenvalue weighted by Crippen LogP contribution is -2.43. The summed E-state index contributed by atoms with van der Waals surface area (Å²) in [4.78, 5) is 0. The summed E-state index contributed by atoms with van der Waals surface area (Å²) in [5.74, 6) is 0.972. The second-order valence-corrected chi connectivity index (χ2v) is 4.04. The molecule has 4 heteroatoms. The molecule has 0 spiro atoms. The van der Waals surface area contributed by atoms with Crippen LogP contribution in [0.3, 0.4) is 0 Å². The van der Waals surface area contributed by atoms with Crippen molar-refractivity contribution in [2.24, 2.45) is 16.8 Å². The maximum atomic E-state index is 8.59. The van der Waals surface area contributed by atoms with Gasteiger partial charge in [0.1, 0.15) is 0 Å². The highest BCUT2D eigenvalue weighted by Crippen LogP contribution is 2.17. The SMILES string of the molecule is CCC(NCC1CC=CCC1)C(N)=NO. The average molecular weight is 211 g/mol. The van der Waals surface area contributed by atoms with Crippen LogP contribution < -0.4 is 11.1 Å². The van der Waals surface area contributed by atoms with Gasteiger partial charge in [-0.3, -0.25) is 0 Å². The predicted octanol–water partition coefficient (Wildman–Crippen LogP) is 1.46. The maximum Gasteiger partial charge on any atom is 0.156 e. The Bertz CT molecular complexity index is 238. The highest BCUT2D eigenvalue weighted by molar-refractivity contribution is 5.85.